The quantitative estimate of drug-likeness (QED) is 0.478. The zero-order valence-corrected chi connectivity index (χ0v) is 16.8. The van der Waals surface area contributed by atoms with Crippen LogP contribution in [0.5, 0.6) is 0 Å². The fraction of sp³-hybridized carbons (Fsp3) is 0.263. The molecule has 0 spiro atoms. The van der Waals surface area contributed by atoms with Crippen molar-refractivity contribution >= 4 is 34.9 Å². The number of thioether (sulfide) groups is 1. The van der Waals surface area contributed by atoms with Crippen molar-refractivity contribution in [2.45, 2.75) is 36.2 Å². The van der Waals surface area contributed by atoms with Crippen LogP contribution in [-0.4, -0.2) is 31.8 Å². The third-order valence-corrected chi connectivity index (χ3v) is 6.23. The number of hydrogen-bond donors (Lipinski definition) is 2. The van der Waals surface area contributed by atoms with Crippen LogP contribution in [0.3, 0.4) is 0 Å². The van der Waals surface area contributed by atoms with E-state index in [1.807, 2.05) is 23.6 Å². The van der Waals surface area contributed by atoms with Gasteiger partial charge in [0.05, 0.1) is 10.1 Å². The molecule has 1 fully saturated rings. The van der Waals surface area contributed by atoms with Gasteiger partial charge in [-0.15, -0.1) is 21.5 Å². The topological polar surface area (TPSA) is 88.9 Å². The van der Waals surface area contributed by atoms with E-state index in [2.05, 4.69) is 25.6 Å². The Morgan fingerprint density at radius 1 is 1.14 bits per heavy atom. The molecule has 3 aromatic rings. The van der Waals surface area contributed by atoms with E-state index >= 15 is 0 Å². The van der Waals surface area contributed by atoms with E-state index in [0.717, 1.165) is 28.7 Å². The fourth-order valence-corrected chi connectivity index (χ4v) is 4.31. The van der Waals surface area contributed by atoms with Gasteiger partial charge < -0.3 is 0 Å². The standard InChI is InChI=1S/C19H19N5O2S2/c1-12(17(25)21-22-18(26)13-6-3-2-4-7-13)28-19-23-20-16(15-8-5-11-27-15)24(19)14-9-10-14/h2-8,11-12,14H,9-10H2,1H3,(H,21,25)(H,22,26)/t12-/m1/s1. The molecule has 144 valence electrons. The van der Waals surface area contributed by atoms with Crippen molar-refractivity contribution in [3.8, 4) is 10.7 Å². The molecular formula is C19H19N5O2S2. The van der Waals surface area contributed by atoms with Crippen LogP contribution in [0.15, 0.2) is 53.0 Å². The lowest BCUT2D eigenvalue weighted by Crippen LogP contribution is -2.44. The Balaban J connectivity index is 1.40. The number of benzene rings is 1. The van der Waals surface area contributed by atoms with Gasteiger partial charge in [-0.2, -0.15) is 0 Å². The minimum atomic E-state index is -0.436. The molecule has 0 unspecified atom stereocenters. The molecule has 1 saturated carbocycles. The molecular weight excluding hydrogens is 394 g/mol. The van der Waals surface area contributed by atoms with Crippen molar-refractivity contribution in [2.75, 3.05) is 0 Å². The number of amides is 2. The molecule has 28 heavy (non-hydrogen) atoms. The maximum Gasteiger partial charge on any atom is 0.269 e. The summed E-state index contributed by atoms with van der Waals surface area (Å²) in [6.07, 6.45) is 2.19. The summed E-state index contributed by atoms with van der Waals surface area (Å²) in [4.78, 5) is 25.5. The number of carbonyl (C=O) groups excluding carboxylic acids is 2. The molecule has 1 atom stereocenters. The molecule has 1 aliphatic carbocycles. The second kappa shape index (κ2) is 8.15. The lowest BCUT2D eigenvalue weighted by Gasteiger charge is -2.13. The zero-order valence-electron chi connectivity index (χ0n) is 15.2. The number of hydrogen-bond acceptors (Lipinski definition) is 6. The highest BCUT2D eigenvalue weighted by atomic mass is 32.2. The average molecular weight is 414 g/mol. The zero-order chi connectivity index (χ0) is 19.5. The van der Waals surface area contributed by atoms with Gasteiger partial charge >= 0.3 is 0 Å². The first-order valence-electron chi connectivity index (χ1n) is 8.94. The Morgan fingerprint density at radius 2 is 1.93 bits per heavy atom. The molecule has 1 aromatic carbocycles. The number of aromatic nitrogens is 3. The first-order valence-corrected chi connectivity index (χ1v) is 10.7. The Bertz CT molecular complexity index is 968. The summed E-state index contributed by atoms with van der Waals surface area (Å²) < 4.78 is 2.13. The van der Waals surface area contributed by atoms with Crippen LogP contribution in [0, 0.1) is 0 Å². The number of hydrazine groups is 1. The summed E-state index contributed by atoms with van der Waals surface area (Å²) in [5.41, 5.74) is 5.42. The van der Waals surface area contributed by atoms with Gasteiger partial charge in [0.1, 0.15) is 0 Å². The maximum absolute atomic E-state index is 12.4. The van der Waals surface area contributed by atoms with Crippen molar-refractivity contribution in [1.29, 1.82) is 0 Å². The third-order valence-electron chi connectivity index (χ3n) is 4.30. The molecule has 7 nitrogen and oxygen atoms in total. The van der Waals surface area contributed by atoms with Gasteiger partial charge in [0.25, 0.3) is 11.8 Å². The van der Waals surface area contributed by atoms with Crippen molar-refractivity contribution in [2.24, 2.45) is 0 Å². The summed E-state index contributed by atoms with van der Waals surface area (Å²) in [5, 5.41) is 11.0. The summed E-state index contributed by atoms with van der Waals surface area (Å²) in [6, 6.07) is 13.1. The SMILES string of the molecule is C[C@@H](Sc1nnc(-c2cccs2)n1C1CC1)C(=O)NNC(=O)c1ccccc1. The van der Waals surface area contributed by atoms with Gasteiger partial charge in [-0.25, -0.2) is 0 Å². The van der Waals surface area contributed by atoms with E-state index in [4.69, 9.17) is 0 Å². The molecule has 0 saturated heterocycles. The van der Waals surface area contributed by atoms with E-state index in [-0.39, 0.29) is 11.8 Å². The smallest absolute Gasteiger partial charge is 0.269 e. The van der Waals surface area contributed by atoms with Crippen LogP contribution in [0.2, 0.25) is 0 Å². The van der Waals surface area contributed by atoms with Crippen molar-refractivity contribution < 1.29 is 9.59 Å². The lowest BCUT2D eigenvalue weighted by atomic mass is 10.2. The first kappa shape index (κ1) is 18.7. The third kappa shape index (κ3) is 4.10. The summed E-state index contributed by atoms with van der Waals surface area (Å²) in [5.74, 6) is 0.203. The summed E-state index contributed by atoms with van der Waals surface area (Å²) in [7, 11) is 0. The highest BCUT2D eigenvalue weighted by Crippen LogP contribution is 2.42. The molecule has 9 heteroatoms. The molecule has 2 aromatic heterocycles. The average Bonchev–Trinajstić information content (AvgIpc) is 3.24. The highest BCUT2D eigenvalue weighted by Gasteiger charge is 2.31. The first-order chi connectivity index (χ1) is 13.6. The van der Waals surface area contributed by atoms with Crippen LogP contribution in [0.25, 0.3) is 10.7 Å². The van der Waals surface area contributed by atoms with E-state index in [9.17, 15) is 9.59 Å². The van der Waals surface area contributed by atoms with E-state index in [1.165, 1.54) is 11.8 Å². The van der Waals surface area contributed by atoms with E-state index < -0.39 is 5.25 Å². The van der Waals surface area contributed by atoms with Gasteiger partial charge in [-0.1, -0.05) is 36.0 Å². The van der Waals surface area contributed by atoms with E-state index in [1.54, 1.807) is 42.5 Å². The molecule has 4 rings (SSSR count). The van der Waals surface area contributed by atoms with Crippen LogP contribution in [-0.2, 0) is 4.79 Å². The molecule has 0 aliphatic heterocycles. The lowest BCUT2D eigenvalue weighted by molar-refractivity contribution is -0.121. The second-order valence-electron chi connectivity index (χ2n) is 6.45. The Morgan fingerprint density at radius 3 is 2.61 bits per heavy atom. The van der Waals surface area contributed by atoms with Gasteiger partial charge in [0.2, 0.25) is 0 Å². The van der Waals surface area contributed by atoms with Crippen molar-refractivity contribution in [1.82, 2.24) is 25.6 Å². The molecule has 0 bridgehead atoms. The molecule has 2 amide bonds. The second-order valence-corrected chi connectivity index (χ2v) is 8.71. The van der Waals surface area contributed by atoms with Crippen molar-refractivity contribution in [3.63, 3.8) is 0 Å². The molecule has 1 aliphatic rings. The van der Waals surface area contributed by atoms with Gasteiger partial charge in [-0.3, -0.25) is 25.0 Å². The van der Waals surface area contributed by atoms with Crippen LogP contribution in [0.1, 0.15) is 36.2 Å². The van der Waals surface area contributed by atoms with Crippen LogP contribution in [0.4, 0.5) is 0 Å². The largest absolute Gasteiger partial charge is 0.298 e. The van der Waals surface area contributed by atoms with Crippen LogP contribution < -0.4 is 10.9 Å². The number of carbonyl (C=O) groups is 2. The Kier molecular flexibility index (Phi) is 5.45. The molecule has 0 radical (unpaired) electrons. The fourth-order valence-electron chi connectivity index (χ4n) is 2.69. The number of nitrogens with one attached hydrogen (secondary N) is 2. The number of thiophene rings is 1. The Labute approximate surface area is 170 Å². The molecule has 2 heterocycles. The van der Waals surface area contributed by atoms with Crippen molar-refractivity contribution in [3.05, 3.63) is 53.4 Å². The van der Waals surface area contributed by atoms with E-state index in [0.29, 0.717) is 11.6 Å². The number of rotatable bonds is 6. The predicted octanol–water partition coefficient (Wildman–Crippen LogP) is 3.28. The summed E-state index contributed by atoms with van der Waals surface area (Å²) >= 11 is 2.97. The van der Waals surface area contributed by atoms with Gasteiger partial charge in [0.15, 0.2) is 11.0 Å². The van der Waals surface area contributed by atoms with Gasteiger partial charge in [-0.05, 0) is 43.3 Å². The van der Waals surface area contributed by atoms with Gasteiger partial charge in [0, 0.05) is 11.6 Å². The maximum atomic E-state index is 12.4. The Hall–Kier alpha value is -2.65. The minimum Gasteiger partial charge on any atom is -0.298 e. The molecule has 2 N–H and O–H groups in total. The normalized spacial score (nSPS) is 14.5. The minimum absolute atomic E-state index is 0.294. The monoisotopic (exact) mass is 413 g/mol. The number of nitrogens with zero attached hydrogens (tertiary/aromatic N) is 3. The highest BCUT2D eigenvalue weighted by molar-refractivity contribution is 8.00. The van der Waals surface area contributed by atoms with Crippen LogP contribution >= 0.6 is 23.1 Å². The predicted molar refractivity (Wildman–Crippen MR) is 109 cm³/mol. The summed E-state index contributed by atoms with van der Waals surface area (Å²) in [6.45, 7) is 1.78.